The predicted octanol–water partition coefficient (Wildman–Crippen LogP) is 3.54. The van der Waals surface area contributed by atoms with Crippen LogP contribution in [0.5, 0.6) is 0 Å². The Hall–Kier alpha value is -2.26. The first-order chi connectivity index (χ1) is 8.74. The summed E-state index contributed by atoms with van der Waals surface area (Å²) in [5.41, 5.74) is 10.0. The first-order valence-corrected chi connectivity index (χ1v) is 5.83. The topological polar surface area (TPSA) is 70.8 Å². The zero-order valence-electron chi connectivity index (χ0n) is 10.2. The number of hydrogen-bond acceptors (Lipinski definition) is 2. The van der Waals surface area contributed by atoms with Crippen LogP contribution in [-0.2, 0) is 6.54 Å². The van der Waals surface area contributed by atoms with Crippen LogP contribution in [0.25, 0.3) is 21.3 Å². The second-order valence-corrected chi connectivity index (χ2v) is 4.12. The van der Waals surface area contributed by atoms with E-state index in [0.29, 0.717) is 6.54 Å². The SMILES string of the molecule is CC(=O)c1cn(CCCN=[N+]=[N-])c2ccccc12. The Bertz CT molecular complexity index is 623. The van der Waals surface area contributed by atoms with Crippen molar-refractivity contribution >= 4 is 16.7 Å². The number of ketones is 1. The number of para-hydroxylation sites is 1. The number of aryl methyl sites for hydroxylation is 1. The van der Waals surface area contributed by atoms with Gasteiger partial charge in [-0.05, 0) is 24.9 Å². The molecule has 0 fully saturated rings. The highest BCUT2D eigenvalue weighted by Gasteiger charge is 2.10. The number of fused-ring (bicyclic) bond motifs is 1. The van der Waals surface area contributed by atoms with Crippen molar-refractivity contribution < 1.29 is 4.79 Å². The highest BCUT2D eigenvalue weighted by Crippen LogP contribution is 2.21. The molecule has 0 unspecified atom stereocenters. The van der Waals surface area contributed by atoms with Crippen LogP contribution in [-0.4, -0.2) is 16.9 Å². The van der Waals surface area contributed by atoms with E-state index in [1.54, 1.807) is 6.92 Å². The maximum atomic E-state index is 11.6. The summed E-state index contributed by atoms with van der Waals surface area (Å²) in [6.45, 7) is 2.79. The minimum atomic E-state index is 0.0694. The lowest BCUT2D eigenvalue weighted by Gasteiger charge is -2.02. The molecule has 5 heteroatoms. The largest absolute Gasteiger partial charge is 0.347 e. The molecule has 0 bridgehead atoms. The van der Waals surface area contributed by atoms with Gasteiger partial charge >= 0.3 is 0 Å². The molecule has 0 aliphatic heterocycles. The van der Waals surface area contributed by atoms with Crippen LogP contribution in [0.1, 0.15) is 23.7 Å². The average molecular weight is 242 g/mol. The van der Waals surface area contributed by atoms with Gasteiger partial charge in [-0.1, -0.05) is 23.3 Å². The Morgan fingerprint density at radius 2 is 2.22 bits per heavy atom. The molecule has 18 heavy (non-hydrogen) atoms. The van der Waals surface area contributed by atoms with Crippen molar-refractivity contribution in [2.45, 2.75) is 19.9 Å². The van der Waals surface area contributed by atoms with Crippen LogP contribution in [0.3, 0.4) is 0 Å². The Kier molecular flexibility index (Phi) is 3.65. The zero-order chi connectivity index (χ0) is 13.0. The van der Waals surface area contributed by atoms with Gasteiger partial charge < -0.3 is 4.57 Å². The Morgan fingerprint density at radius 3 is 2.94 bits per heavy atom. The van der Waals surface area contributed by atoms with Gasteiger partial charge in [-0.25, -0.2) is 0 Å². The Morgan fingerprint density at radius 1 is 1.44 bits per heavy atom. The second-order valence-electron chi connectivity index (χ2n) is 4.12. The first kappa shape index (κ1) is 12.2. The summed E-state index contributed by atoms with van der Waals surface area (Å²) in [5.74, 6) is 0.0694. The molecule has 2 rings (SSSR count). The first-order valence-electron chi connectivity index (χ1n) is 5.83. The van der Waals surface area contributed by atoms with Crippen LogP contribution in [0.4, 0.5) is 0 Å². The average Bonchev–Trinajstić information content (AvgIpc) is 2.74. The molecular weight excluding hydrogens is 228 g/mol. The van der Waals surface area contributed by atoms with Gasteiger partial charge in [0.05, 0.1) is 0 Å². The summed E-state index contributed by atoms with van der Waals surface area (Å²) in [6, 6.07) is 7.83. The number of benzene rings is 1. The molecule has 0 radical (unpaired) electrons. The lowest BCUT2D eigenvalue weighted by atomic mass is 10.1. The summed E-state index contributed by atoms with van der Waals surface area (Å²) in [7, 11) is 0. The van der Waals surface area contributed by atoms with E-state index in [2.05, 4.69) is 10.0 Å². The van der Waals surface area contributed by atoms with Gasteiger partial charge in [0.1, 0.15) is 0 Å². The van der Waals surface area contributed by atoms with E-state index in [-0.39, 0.29) is 5.78 Å². The number of rotatable bonds is 5. The van der Waals surface area contributed by atoms with E-state index in [4.69, 9.17) is 5.53 Å². The van der Waals surface area contributed by atoms with Crippen molar-refractivity contribution in [1.82, 2.24) is 4.57 Å². The van der Waals surface area contributed by atoms with Crippen molar-refractivity contribution in [1.29, 1.82) is 0 Å². The molecule has 1 heterocycles. The van der Waals surface area contributed by atoms with Crippen LogP contribution in [0, 0.1) is 0 Å². The predicted molar refractivity (Wildman–Crippen MR) is 70.6 cm³/mol. The molecule has 1 aromatic carbocycles. The fourth-order valence-corrected chi connectivity index (χ4v) is 2.07. The standard InChI is InChI=1S/C13H14N4O/c1-10(18)12-9-17(8-4-7-15-16-14)13-6-3-2-5-11(12)13/h2-3,5-6,9H,4,7-8H2,1H3. The van der Waals surface area contributed by atoms with Gasteiger partial charge in [0, 0.05) is 40.7 Å². The Balaban J connectivity index is 2.32. The van der Waals surface area contributed by atoms with Gasteiger partial charge in [0.15, 0.2) is 5.78 Å². The lowest BCUT2D eigenvalue weighted by molar-refractivity contribution is 0.101. The highest BCUT2D eigenvalue weighted by atomic mass is 16.1. The van der Waals surface area contributed by atoms with Crippen molar-refractivity contribution in [3.8, 4) is 0 Å². The molecule has 0 amide bonds. The smallest absolute Gasteiger partial charge is 0.161 e. The fraction of sp³-hybridized carbons (Fsp3) is 0.308. The zero-order valence-corrected chi connectivity index (χ0v) is 10.2. The van der Waals surface area contributed by atoms with E-state index >= 15 is 0 Å². The van der Waals surface area contributed by atoms with Crippen LogP contribution in [0.15, 0.2) is 35.6 Å². The third-order valence-corrected chi connectivity index (χ3v) is 2.89. The Labute approximate surface area is 105 Å². The minimum absolute atomic E-state index is 0.0694. The number of Topliss-reactive ketones (excluding diaryl/α,β-unsaturated/α-hetero) is 1. The number of carbonyl (C=O) groups excluding carboxylic acids is 1. The number of nitrogens with zero attached hydrogens (tertiary/aromatic N) is 4. The number of aromatic nitrogens is 1. The summed E-state index contributed by atoms with van der Waals surface area (Å²) in [5, 5.41) is 4.49. The quantitative estimate of drug-likeness (QED) is 0.260. The van der Waals surface area contributed by atoms with Gasteiger partial charge in [-0.15, -0.1) is 0 Å². The third-order valence-electron chi connectivity index (χ3n) is 2.89. The molecule has 0 aliphatic rings. The van der Waals surface area contributed by atoms with Gasteiger partial charge in [0.2, 0.25) is 0 Å². The van der Waals surface area contributed by atoms with E-state index in [0.717, 1.165) is 29.4 Å². The fourth-order valence-electron chi connectivity index (χ4n) is 2.07. The maximum Gasteiger partial charge on any atom is 0.161 e. The minimum Gasteiger partial charge on any atom is -0.347 e. The molecular formula is C13H14N4O. The van der Waals surface area contributed by atoms with Crippen LogP contribution >= 0.6 is 0 Å². The molecule has 0 saturated carbocycles. The summed E-state index contributed by atoms with van der Waals surface area (Å²) in [6.07, 6.45) is 2.64. The molecule has 1 aromatic heterocycles. The van der Waals surface area contributed by atoms with Crippen molar-refractivity contribution in [2.24, 2.45) is 5.11 Å². The molecule has 0 aliphatic carbocycles. The van der Waals surface area contributed by atoms with Gasteiger partial charge in [-0.2, -0.15) is 0 Å². The normalized spacial score (nSPS) is 10.3. The van der Waals surface area contributed by atoms with E-state index in [1.165, 1.54) is 0 Å². The number of hydrogen-bond donors (Lipinski definition) is 0. The molecule has 0 saturated heterocycles. The van der Waals surface area contributed by atoms with E-state index in [1.807, 2.05) is 35.0 Å². The number of azide groups is 1. The van der Waals surface area contributed by atoms with Crippen LogP contribution < -0.4 is 0 Å². The van der Waals surface area contributed by atoms with Crippen molar-refractivity contribution in [2.75, 3.05) is 6.54 Å². The molecule has 0 atom stereocenters. The third kappa shape index (κ3) is 2.36. The second kappa shape index (κ2) is 5.38. The maximum absolute atomic E-state index is 11.6. The molecule has 2 aromatic rings. The molecule has 5 nitrogen and oxygen atoms in total. The molecule has 92 valence electrons. The van der Waals surface area contributed by atoms with Gasteiger partial charge in [-0.3, -0.25) is 4.79 Å². The molecule has 0 N–H and O–H groups in total. The van der Waals surface area contributed by atoms with E-state index < -0.39 is 0 Å². The van der Waals surface area contributed by atoms with E-state index in [9.17, 15) is 4.79 Å². The molecule has 0 spiro atoms. The van der Waals surface area contributed by atoms with Crippen molar-refractivity contribution in [3.63, 3.8) is 0 Å². The van der Waals surface area contributed by atoms with Crippen LogP contribution in [0.2, 0.25) is 0 Å². The summed E-state index contributed by atoms with van der Waals surface area (Å²) < 4.78 is 2.04. The highest BCUT2D eigenvalue weighted by molar-refractivity contribution is 6.06. The summed E-state index contributed by atoms with van der Waals surface area (Å²) in [4.78, 5) is 14.3. The number of carbonyl (C=O) groups is 1. The lowest BCUT2D eigenvalue weighted by Crippen LogP contribution is -1.97. The summed E-state index contributed by atoms with van der Waals surface area (Å²) >= 11 is 0. The monoisotopic (exact) mass is 242 g/mol. The van der Waals surface area contributed by atoms with Gasteiger partial charge in [0.25, 0.3) is 0 Å². The van der Waals surface area contributed by atoms with Crippen molar-refractivity contribution in [3.05, 3.63) is 46.5 Å².